The maximum absolute atomic E-state index is 14.6. The van der Waals surface area contributed by atoms with Gasteiger partial charge in [-0.1, -0.05) is 0 Å². The van der Waals surface area contributed by atoms with Crippen molar-refractivity contribution in [3.8, 4) is 33.8 Å². The van der Waals surface area contributed by atoms with Gasteiger partial charge in [0.1, 0.15) is 11.2 Å². The summed E-state index contributed by atoms with van der Waals surface area (Å²) >= 11 is 0. The number of fused-ring (bicyclic) bond motifs is 2. The number of pyridine rings is 3. The zero-order chi connectivity index (χ0) is 29.9. The molecule has 1 atom stereocenters. The monoisotopic (exact) mass is 596 g/mol. The number of nitrogens with two attached hydrogens (primary N) is 1. The van der Waals surface area contributed by atoms with Crippen LogP contribution >= 0.6 is 0 Å². The van der Waals surface area contributed by atoms with Crippen LogP contribution in [0.15, 0.2) is 67.3 Å². The van der Waals surface area contributed by atoms with Crippen molar-refractivity contribution in [3.05, 3.63) is 78.6 Å². The summed E-state index contributed by atoms with van der Waals surface area (Å²) in [5, 5.41) is 10.4. The summed E-state index contributed by atoms with van der Waals surface area (Å²) in [7, 11) is -3.65. The summed E-state index contributed by atoms with van der Waals surface area (Å²) in [4.78, 5) is 28.9. The number of nitrogens with one attached hydrogen (secondary N) is 3. The van der Waals surface area contributed by atoms with Gasteiger partial charge in [0, 0.05) is 63.7 Å². The average molecular weight is 597 g/mol. The van der Waals surface area contributed by atoms with Crippen LogP contribution in [0.3, 0.4) is 0 Å². The molecule has 1 saturated carbocycles. The number of aromatic nitrogens is 6. The molecule has 1 aromatic carbocycles. The van der Waals surface area contributed by atoms with Crippen molar-refractivity contribution in [2.45, 2.75) is 18.2 Å². The molecule has 5 N–H and O–H groups in total. The maximum atomic E-state index is 14.6. The molecule has 0 saturated heterocycles. The molecule has 1 amide bonds. The quantitative estimate of drug-likeness (QED) is 0.205. The molecule has 0 aliphatic heterocycles. The maximum Gasteiger partial charge on any atom is 0.227 e. The van der Waals surface area contributed by atoms with Gasteiger partial charge in [-0.3, -0.25) is 19.9 Å². The number of carbonyl (C=O) groups is 1. The lowest BCUT2D eigenvalue weighted by molar-refractivity contribution is -0.117. The van der Waals surface area contributed by atoms with Gasteiger partial charge in [0.15, 0.2) is 15.5 Å². The Labute approximate surface area is 244 Å². The number of carbonyl (C=O) groups excluding carboxylic acids is 1. The largest absolute Gasteiger partial charge is 0.353 e. The standard InChI is InChI=1S/C30H25FN8O3S/c1-43(41,42)28(32)17-6-16(7-20(31)8-17)26-22-11-25(37-24(22)4-5-34-26)27-23-10-19(13-35-29(23)39-38-27)18-9-21(14-33-12-18)36-30(40)15-2-3-15/h4-15,28,37H,2-3,32H2,1H3,(H,36,40)(H,35,38,39). The lowest BCUT2D eigenvalue weighted by Gasteiger charge is -2.12. The first-order valence-corrected chi connectivity index (χ1v) is 15.4. The molecule has 7 rings (SSSR count). The minimum absolute atomic E-state index is 0.00465. The molecule has 1 aliphatic rings. The number of amides is 1. The van der Waals surface area contributed by atoms with E-state index in [1.54, 1.807) is 36.9 Å². The van der Waals surface area contributed by atoms with Crippen molar-refractivity contribution >= 4 is 43.4 Å². The molecule has 1 unspecified atom stereocenters. The average Bonchev–Trinajstić information content (AvgIpc) is 3.62. The molecule has 5 aromatic heterocycles. The molecule has 216 valence electrons. The van der Waals surface area contributed by atoms with Gasteiger partial charge in [-0.25, -0.2) is 17.8 Å². The fraction of sp³-hybridized carbons (Fsp3) is 0.167. The number of hydrogen-bond acceptors (Lipinski definition) is 8. The second-order valence-corrected chi connectivity index (χ2v) is 12.9. The van der Waals surface area contributed by atoms with Gasteiger partial charge in [0.05, 0.1) is 29.0 Å². The minimum atomic E-state index is -3.65. The second-order valence-electron chi connectivity index (χ2n) is 10.7. The number of nitrogens with zero attached hydrogens (tertiary/aromatic N) is 4. The molecular weight excluding hydrogens is 571 g/mol. The Hall–Kier alpha value is -5.01. The Kier molecular flexibility index (Phi) is 6.29. The molecule has 43 heavy (non-hydrogen) atoms. The van der Waals surface area contributed by atoms with Crippen LogP contribution in [0.5, 0.6) is 0 Å². The van der Waals surface area contributed by atoms with E-state index >= 15 is 0 Å². The summed E-state index contributed by atoms with van der Waals surface area (Å²) in [6.07, 6.45) is 9.45. The highest BCUT2D eigenvalue weighted by Gasteiger charge is 2.29. The summed E-state index contributed by atoms with van der Waals surface area (Å²) in [6.45, 7) is 0. The molecule has 0 spiro atoms. The van der Waals surface area contributed by atoms with Crippen LogP contribution < -0.4 is 11.1 Å². The number of hydrogen-bond donors (Lipinski definition) is 4. The van der Waals surface area contributed by atoms with Crippen LogP contribution in [0.2, 0.25) is 0 Å². The lowest BCUT2D eigenvalue weighted by atomic mass is 10.0. The van der Waals surface area contributed by atoms with E-state index in [0.717, 1.165) is 47.2 Å². The third-order valence-electron chi connectivity index (χ3n) is 7.50. The predicted octanol–water partition coefficient (Wildman–Crippen LogP) is 4.72. The SMILES string of the molecule is CS(=O)(=O)C(N)c1cc(F)cc(-c2nccc3[nH]c(-c4[nH]nc5ncc(-c6cncc(NC(=O)C7CC7)c6)cc45)cc23)c1. The van der Waals surface area contributed by atoms with Gasteiger partial charge >= 0.3 is 0 Å². The number of benzene rings is 1. The van der Waals surface area contributed by atoms with E-state index in [1.807, 2.05) is 18.2 Å². The van der Waals surface area contributed by atoms with Crippen LogP contribution in [0.1, 0.15) is 23.8 Å². The van der Waals surface area contributed by atoms with Gasteiger partial charge in [0.2, 0.25) is 5.91 Å². The molecule has 5 heterocycles. The van der Waals surface area contributed by atoms with Crippen LogP contribution in [-0.2, 0) is 14.6 Å². The van der Waals surface area contributed by atoms with Crippen LogP contribution in [0.25, 0.3) is 55.7 Å². The van der Waals surface area contributed by atoms with Crippen molar-refractivity contribution in [1.29, 1.82) is 0 Å². The van der Waals surface area contributed by atoms with E-state index in [4.69, 9.17) is 5.73 Å². The van der Waals surface area contributed by atoms with Crippen molar-refractivity contribution < 1.29 is 17.6 Å². The second kappa shape index (κ2) is 10.1. The highest BCUT2D eigenvalue weighted by atomic mass is 32.2. The van der Waals surface area contributed by atoms with E-state index < -0.39 is 21.0 Å². The third-order valence-corrected chi connectivity index (χ3v) is 8.69. The molecule has 1 fully saturated rings. The Morgan fingerprint density at radius 2 is 1.84 bits per heavy atom. The van der Waals surface area contributed by atoms with E-state index in [0.29, 0.717) is 39.4 Å². The highest BCUT2D eigenvalue weighted by Crippen LogP contribution is 2.35. The molecule has 13 heteroatoms. The smallest absolute Gasteiger partial charge is 0.227 e. The minimum Gasteiger partial charge on any atom is -0.353 e. The first kappa shape index (κ1) is 26.9. The summed E-state index contributed by atoms with van der Waals surface area (Å²) < 4.78 is 38.7. The number of anilines is 1. The van der Waals surface area contributed by atoms with Crippen molar-refractivity contribution in [2.75, 3.05) is 11.6 Å². The number of H-pyrrole nitrogens is 2. The van der Waals surface area contributed by atoms with Crippen molar-refractivity contribution in [1.82, 2.24) is 30.1 Å². The van der Waals surface area contributed by atoms with Crippen LogP contribution in [0.4, 0.5) is 10.1 Å². The first-order chi connectivity index (χ1) is 20.6. The topological polar surface area (TPSA) is 172 Å². The van der Waals surface area contributed by atoms with Crippen LogP contribution in [0, 0.1) is 11.7 Å². The fourth-order valence-electron chi connectivity index (χ4n) is 5.10. The van der Waals surface area contributed by atoms with Crippen molar-refractivity contribution in [3.63, 3.8) is 0 Å². The molecule has 6 aromatic rings. The van der Waals surface area contributed by atoms with Gasteiger partial charge in [0.25, 0.3) is 0 Å². The normalized spacial score (nSPS) is 14.3. The Morgan fingerprint density at radius 3 is 2.63 bits per heavy atom. The Bertz CT molecular complexity index is 2170. The summed E-state index contributed by atoms with van der Waals surface area (Å²) in [6, 6.07) is 11.4. The number of aromatic amines is 2. The van der Waals surface area contributed by atoms with E-state index in [-0.39, 0.29) is 17.4 Å². The van der Waals surface area contributed by atoms with Gasteiger partial charge in [-0.15, -0.1) is 0 Å². The van der Waals surface area contributed by atoms with E-state index in [2.05, 4.69) is 35.5 Å². The fourth-order valence-corrected chi connectivity index (χ4v) is 5.73. The Morgan fingerprint density at radius 1 is 1.02 bits per heavy atom. The van der Waals surface area contributed by atoms with Gasteiger partial charge in [-0.05, 0) is 60.9 Å². The van der Waals surface area contributed by atoms with Gasteiger partial charge < -0.3 is 16.0 Å². The first-order valence-electron chi connectivity index (χ1n) is 13.5. The summed E-state index contributed by atoms with van der Waals surface area (Å²) in [5.41, 5.74) is 11.7. The highest BCUT2D eigenvalue weighted by molar-refractivity contribution is 7.90. The lowest BCUT2D eigenvalue weighted by Crippen LogP contribution is -2.20. The van der Waals surface area contributed by atoms with E-state index in [9.17, 15) is 17.6 Å². The number of halogens is 1. The molecule has 11 nitrogen and oxygen atoms in total. The van der Waals surface area contributed by atoms with Crippen LogP contribution in [-0.4, -0.2) is 50.7 Å². The molecular formula is C30H25FN8O3S. The third kappa shape index (κ3) is 5.13. The zero-order valence-corrected chi connectivity index (χ0v) is 23.6. The van der Waals surface area contributed by atoms with Gasteiger partial charge in [-0.2, -0.15) is 5.10 Å². The Balaban J connectivity index is 1.27. The predicted molar refractivity (Wildman–Crippen MR) is 161 cm³/mol. The summed E-state index contributed by atoms with van der Waals surface area (Å²) in [5.74, 6) is -0.537. The van der Waals surface area contributed by atoms with E-state index in [1.165, 1.54) is 6.07 Å². The van der Waals surface area contributed by atoms with Crippen molar-refractivity contribution in [2.24, 2.45) is 11.7 Å². The zero-order valence-electron chi connectivity index (χ0n) is 22.8. The molecule has 0 radical (unpaired) electrons. The number of sulfone groups is 1. The molecule has 1 aliphatic carbocycles. The number of rotatable bonds is 7. The molecule has 0 bridgehead atoms.